The molecule has 0 saturated heterocycles. The minimum atomic E-state index is -4.20. The molecule has 86 valence electrons. The fourth-order valence-corrected chi connectivity index (χ4v) is 1.96. The zero-order chi connectivity index (χ0) is 12.5. The standard InChI is InChI=1S/C8H8N2O5S/c9-7(11)6-4(8(12)13)2-1-3-5(6)16(10,14)15/h1-3H,(H2,9,11)(H,12,13)(H2,10,14,15). The van der Waals surface area contributed by atoms with E-state index in [2.05, 4.69) is 0 Å². The van der Waals surface area contributed by atoms with Gasteiger partial charge in [0, 0.05) is 0 Å². The zero-order valence-corrected chi connectivity index (χ0v) is 8.69. The van der Waals surface area contributed by atoms with Crippen LogP contribution in [0.3, 0.4) is 0 Å². The Kier molecular flexibility index (Phi) is 2.97. The number of benzene rings is 1. The first-order valence-corrected chi connectivity index (χ1v) is 5.48. The minimum absolute atomic E-state index is 0.501. The van der Waals surface area contributed by atoms with Crippen LogP contribution in [-0.2, 0) is 10.0 Å². The average molecular weight is 244 g/mol. The van der Waals surface area contributed by atoms with Gasteiger partial charge in [-0.1, -0.05) is 6.07 Å². The first kappa shape index (κ1) is 12.1. The van der Waals surface area contributed by atoms with Crippen LogP contribution < -0.4 is 10.9 Å². The third-order valence-corrected chi connectivity index (χ3v) is 2.76. The van der Waals surface area contributed by atoms with Crippen LogP contribution >= 0.6 is 0 Å². The lowest BCUT2D eigenvalue weighted by atomic mass is 10.1. The number of sulfonamides is 1. The Balaban J connectivity index is 3.72. The third kappa shape index (κ3) is 2.18. The molecule has 0 fully saturated rings. The van der Waals surface area contributed by atoms with Gasteiger partial charge in [-0.25, -0.2) is 18.4 Å². The number of carboxylic acid groups (broad SMARTS) is 1. The second-order valence-corrected chi connectivity index (χ2v) is 4.42. The van der Waals surface area contributed by atoms with Gasteiger partial charge in [0.05, 0.1) is 16.0 Å². The van der Waals surface area contributed by atoms with Crippen molar-refractivity contribution in [1.82, 2.24) is 0 Å². The van der Waals surface area contributed by atoms with Crippen molar-refractivity contribution in [3.05, 3.63) is 29.3 Å². The second-order valence-electron chi connectivity index (χ2n) is 2.89. The summed E-state index contributed by atoms with van der Waals surface area (Å²) in [4.78, 5) is 21.2. The van der Waals surface area contributed by atoms with E-state index in [-0.39, 0.29) is 0 Å². The van der Waals surface area contributed by atoms with E-state index in [0.29, 0.717) is 0 Å². The number of hydrogen-bond donors (Lipinski definition) is 3. The molecule has 0 saturated carbocycles. The van der Waals surface area contributed by atoms with E-state index in [1.54, 1.807) is 0 Å². The van der Waals surface area contributed by atoms with Crippen molar-refractivity contribution in [1.29, 1.82) is 0 Å². The Morgan fingerprint density at radius 3 is 2.19 bits per heavy atom. The molecule has 0 spiro atoms. The van der Waals surface area contributed by atoms with E-state index in [4.69, 9.17) is 16.0 Å². The lowest BCUT2D eigenvalue weighted by Gasteiger charge is -2.07. The van der Waals surface area contributed by atoms with Crippen molar-refractivity contribution in [2.75, 3.05) is 0 Å². The summed E-state index contributed by atoms with van der Waals surface area (Å²) in [7, 11) is -4.20. The second kappa shape index (κ2) is 3.91. The van der Waals surface area contributed by atoms with Crippen LogP contribution in [0.15, 0.2) is 23.1 Å². The SMILES string of the molecule is NC(=O)c1c(C(=O)O)cccc1S(N)(=O)=O. The van der Waals surface area contributed by atoms with Crippen LogP contribution in [0.5, 0.6) is 0 Å². The van der Waals surface area contributed by atoms with Crippen molar-refractivity contribution in [3.8, 4) is 0 Å². The average Bonchev–Trinajstić information content (AvgIpc) is 2.14. The number of amides is 1. The highest BCUT2D eigenvalue weighted by atomic mass is 32.2. The molecular formula is C8H8N2O5S. The molecule has 0 atom stereocenters. The molecule has 0 bridgehead atoms. The van der Waals surface area contributed by atoms with Gasteiger partial charge in [0.15, 0.2) is 0 Å². The fraction of sp³-hybridized carbons (Fsp3) is 0. The Bertz CT molecular complexity index is 564. The summed E-state index contributed by atoms with van der Waals surface area (Å²) in [5.74, 6) is -2.62. The summed E-state index contributed by atoms with van der Waals surface area (Å²) in [6.07, 6.45) is 0. The normalized spacial score (nSPS) is 11.1. The molecule has 0 radical (unpaired) electrons. The van der Waals surface area contributed by atoms with E-state index in [9.17, 15) is 18.0 Å². The Morgan fingerprint density at radius 2 is 1.81 bits per heavy atom. The quantitative estimate of drug-likeness (QED) is 0.633. The van der Waals surface area contributed by atoms with Gasteiger partial charge in [0.25, 0.3) is 5.91 Å². The number of carbonyl (C=O) groups is 2. The van der Waals surface area contributed by atoms with E-state index < -0.39 is 37.9 Å². The van der Waals surface area contributed by atoms with Crippen LogP contribution in [0.4, 0.5) is 0 Å². The molecule has 8 heteroatoms. The van der Waals surface area contributed by atoms with E-state index in [1.807, 2.05) is 0 Å². The molecule has 7 nitrogen and oxygen atoms in total. The Labute approximate surface area is 90.7 Å². The third-order valence-electron chi connectivity index (χ3n) is 1.81. The van der Waals surface area contributed by atoms with E-state index in [0.717, 1.165) is 18.2 Å². The van der Waals surface area contributed by atoms with Crippen LogP contribution in [0.25, 0.3) is 0 Å². The molecular weight excluding hydrogens is 236 g/mol. The van der Waals surface area contributed by atoms with Crippen molar-refractivity contribution in [2.24, 2.45) is 10.9 Å². The molecule has 5 N–H and O–H groups in total. The highest BCUT2D eigenvalue weighted by molar-refractivity contribution is 7.89. The highest BCUT2D eigenvalue weighted by Gasteiger charge is 2.23. The maximum absolute atomic E-state index is 11.1. The monoisotopic (exact) mass is 244 g/mol. The maximum atomic E-state index is 11.1. The molecule has 1 rings (SSSR count). The number of primary sulfonamides is 1. The number of carbonyl (C=O) groups excluding carboxylic acids is 1. The summed E-state index contributed by atoms with van der Waals surface area (Å²) < 4.78 is 22.2. The number of carboxylic acids is 1. The Hall–Kier alpha value is -1.93. The molecule has 0 aliphatic carbocycles. The molecule has 0 aromatic heterocycles. The van der Waals surface area contributed by atoms with Crippen LogP contribution in [0, 0.1) is 0 Å². The van der Waals surface area contributed by atoms with Gasteiger partial charge in [-0.05, 0) is 12.1 Å². The van der Waals surface area contributed by atoms with Gasteiger partial charge >= 0.3 is 5.97 Å². The molecule has 0 aliphatic heterocycles. The molecule has 16 heavy (non-hydrogen) atoms. The van der Waals surface area contributed by atoms with Crippen molar-refractivity contribution in [3.63, 3.8) is 0 Å². The van der Waals surface area contributed by atoms with Crippen LogP contribution in [0.1, 0.15) is 20.7 Å². The van der Waals surface area contributed by atoms with Gasteiger partial charge in [0.1, 0.15) is 0 Å². The minimum Gasteiger partial charge on any atom is -0.478 e. The lowest BCUT2D eigenvalue weighted by molar-refractivity contribution is 0.0691. The van der Waals surface area contributed by atoms with Gasteiger partial charge < -0.3 is 10.8 Å². The molecule has 1 aromatic carbocycles. The van der Waals surface area contributed by atoms with Gasteiger partial charge in [0.2, 0.25) is 10.0 Å². The predicted octanol–water partition coefficient (Wildman–Crippen LogP) is -0.869. The number of nitrogens with two attached hydrogens (primary N) is 2. The Morgan fingerprint density at radius 1 is 1.25 bits per heavy atom. The topological polar surface area (TPSA) is 141 Å². The number of hydrogen-bond acceptors (Lipinski definition) is 4. The molecule has 0 aliphatic rings. The summed E-state index contributed by atoms with van der Waals surface area (Å²) in [6, 6.07) is 3.24. The van der Waals surface area contributed by atoms with E-state index >= 15 is 0 Å². The van der Waals surface area contributed by atoms with Crippen LogP contribution in [-0.4, -0.2) is 25.4 Å². The zero-order valence-electron chi connectivity index (χ0n) is 7.88. The maximum Gasteiger partial charge on any atom is 0.336 e. The fourth-order valence-electron chi connectivity index (χ4n) is 1.20. The molecule has 1 amide bonds. The predicted molar refractivity (Wildman–Crippen MR) is 53.3 cm³/mol. The first-order valence-electron chi connectivity index (χ1n) is 3.94. The smallest absolute Gasteiger partial charge is 0.336 e. The molecule has 1 aromatic rings. The highest BCUT2D eigenvalue weighted by Crippen LogP contribution is 2.18. The number of rotatable bonds is 3. The summed E-state index contributed by atoms with van der Waals surface area (Å²) in [6.45, 7) is 0. The van der Waals surface area contributed by atoms with Crippen molar-refractivity contribution < 1.29 is 23.1 Å². The van der Waals surface area contributed by atoms with E-state index in [1.165, 1.54) is 0 Å². The largest absolute Gasteiger partial charge is 0.478 e. The van der Waals surface area contributed by atoms with Gasteiger partial charge in [-0.15, -0.1) is 0 Å². The van der Waals surface area contributed by atoms with Crippen molar-refractivity contribution in [2.45, 2.75) is 4.90 Å². The first-order chi connectivity index (χ1) is 7.25. The van der Waals surface area contributed by atoms with Gasteiger partial charge in [-0.3, -0.25) is 4.79 Å². The van der Waals surface area contributed by atoms with Gasteiger partial charge in [-0.2, -0.15) is 0 Å². The summed E-state index contributed by atoms with van der Waals surface area (Å²) in [5, 5.41) is 13.6. The number of primary amides is 1. The molecule has 0 unspecified atom stereocenters. The molecule has 0 heterocycles. The summed E-state index contributed by atoms with van der Waals surface area (Å²) >= 11 is 0. The van der Waals surface area contributed by atoms with Crippen LogP contribution in [0.2, 0.25) is 0 Å². The summed E-state index contributed by atoms with van der Waals surface area (Å²) in [5.41, 5.74) is 3.81. The number of aromatic carboxylic acids is 1. The lowest BCUT2D eigenvalue weighted by Crippen LogP contribution is -2.23. The van der Waals surface area contributed by atoms with Crippen molar-refractivity contribution >= 4 is 21.9 Å².